The van der Waals surface area contributed by atoms with Crippen molar-refractivity contribution in [3.8, 4) is 0 Å². The van der Waals surface area contributed by atoms with Crippen LogP contribution in [0.1, 0.15) is 50.5 Å². The van der Waals surface area contributed by atoms with Crippen molar-refractivity contribution >= 4 is 17.8 Å². The molecule has 1 aromatic rings. The number of aliphatic hydroxyl groups is 1. The van der Waals surface area contributed by atoms with Crippen molar-refractivity contribution in [1.29, 1.82) is 0 Å². The lowest BCUT2D eigenvalue weighted by atomic mass is 9.88. The summed E-state index contributed by atoms with van der Waals surface area (Å²) < 4.78 is 27.0. The Morgan fingerprint density at radius 1 is 1.19 bits per heavy atom. The summed E-state index contributed by atoms with van der Waals surface area (Å²) in [5, 5.41) is 18.7. The number of hydrogen-bond acceptors (Lipinski definition) is 3. The second kappa shape index (κ2) is 9.57. The summed E-state index contributed by atoms with van der Waals surface area (Å²) in [6.07, 6.45) is 6.01. The van der Waals surface area contributed by atoms with Gasteiger partial charge in [0, 0.05) is 30.2 Å². The molecular formula is C20H24F2O4. The van der Waals surface area contributed by atoms with E-state index in [0.29, 0.717) is 12.8 Å². The van der Waals surface area contributed by atoms with Crippen LogP contribution in [0.25, 0.3) is 6.08 Å². The lowest BCUT2D eigenvalue weighted by molar-refractivity contribution is -0.137. The number of carbonyl (C=O) groups is 2. The Hall–Kier alpha value is -2.08. The zero-order valence-corrected chi connectivity index (χ0v) is 14.5. The van der Waals surface area contributed by atoms with Gasteiger partial charge in [-0.05, 0) is 18.9 Å². The summed E-state index contributed by atoms with van der Waals surface area (Å²) in [6.45, 7) is 0. The van der Waals surface area contributed by atoms with E-state index < -0.39 is 29.6 Å². The Bertz CT molecular complexity index is 672. The van der Waals surface area contributed by atoms with Crippen LogP contribution in [0, 0.1) is 23.5 Å². The van der Waals surface area contributed by atoms with Crippen molar-refractivity contribution in [2.45, 2.75) is 51.0 Å². The number of aliphatic carboxylic acids is 1. The highest BCUT2D eigenvalue weighted by atomic mass is 19.2. The number of unbranched alkanes of at least 4 members (excludes halogenated alkanes) is 3. The Kier molecular flexibility index (Phi) is 7.45. The Balaban J connectivity index is 1.92. The third-order valence-electron chi connectivity index (χ3n) is 4.87. The molecule has 0 spiro atoms. The fraction of sp³-hybridized carbons (Fsp3) is 0.500. The van der Waals surface area contributed by atoms with E-state index in [1.807, 2.05) is 0 Å². The highest BCUT2D eigenvalue weighted by Crippen LogP contribution is 2.35. The molecule has 0 bridgehead atoms. The molecule has 0 saturated heterocycles. The van der Waals surface area contributed by atoms with Gasteiger partial charge in [0.25, 0.3) is 0 Å². The second-order valence-electron chi connectivity index (χ2n) is 6.77. The van der Waals surface area contributed by atoms with Gasteiger partial charge >= 0.3 is 5.97 Å². The molecule has 2 rings (SSSR count). The van der Waals surface area contributed by atoms with Crippen LogP contribution >= 0.6 is 0 Å². The van der Waals surface area contributed by atoms with Gasteiger partial charge in [-0.2, -0.15) is 0 Å². The SMILES string of the molecule is O=C(O)CCCCCCC1C(=O)CC(O)C1C=Cc1cccc(F)c1F. The van der Waals surface area contributed by atoms with E-state index in [1.54, 1.807) is 6.08 Å². The molecule has 0 amide bonds. The van der Waals surface area contributed by atoms with Crippen LogP contribution in [-0.2, 0) is 9.59 Å². The summed E-state index contributed by atoms with van der Waals surface area (Å²) >= 11 is 0. The van der Waals surface area contributed by atoms with Crippen LogP contribution in [0.2, 0.25) is 0 Å². The van der Waals surface area contributed by atoms with E-state index in [9.17, 15) is 23.5 Å². The first-order chi connectivity index (χ1) is 12.4. The fourth-order valence-corrected chi connectivity index (χ4v) is 3.45. The molecule has 142 valence electrons. The van der Waals surface area contributed by atoms with Gasteiger partial charge in [0.1, 0.15) is 5.78 Å². The molecule has 1 aliphatic rings. The molecule has 1 fully saturated rings. The smallest absolute Gasteiger partial charge is 0.303 e. The molecule has 1 saturated carbocycles. The molecule has 0 radical (unpaired) electrons. The zero-order chi connectivity index (χ0) is 19.1. The number of carboxylic acid groups (broad SMARTS) is 1. The maximum atomic E-state index is 13.7. The predicted octanol–water partition coefficient (Wildman–Crippen LogP) is 3.97. The average molecular weight is 366 g/mol. The first kappa shape index (κ1) is 20.2. The molecule has 3 atom stereocenters. The van der Waals surface area contributed by atoms with Gasteiger partial charge in [0.15, 0.2) is 11.6 Å². The van der Waals surface area contributed by atoms with E-state index >= 15 is 0 Å². The standard InChI is InChI=1S/C20H24F2O4/c21-16-8-5-6-13(20(16)22)10-11-15-14(17(23)12-18(15)24)7-3-1-2-4-9-19(25)26/h5-6,8,10-11,14-15,18,24H,1-4,7,9,12H2,(H,25,26). The first-order valence-electron chi connectivity index (χ1n) is 8.95. The van der Waals surface area contributed by atoms with Gasteiger partial charge in [-0.1, -0.05) is 43.5 Å². The van der Waals surface area contributed by atoms with Crippen LogP contribution in [0.4, 0.5) is 8.78 Å². The lowest BCUT2D eigenvalue weighted by Gasteiger charge is -2.17. The lowest BCUT2D eigenvalue weighted by Crippen LogP contribution is -2.18. The highest BCUT2D eigenvalue weighted by Gasteiger charge is 2.39. The summed E-state index contributed by atoms with van der Waals surface area (Å²) in [5.74, 6) is -3.46. The maximum Gasteiger partial charge on any atom is 0.303 e. The van der Waals surface area contributed by atoms with Crippen LogP contribution in [0.5, 0.6) is 0 Å². The largest absolute Gasteiger partial charge is 0.481 e. The van der Waals surface area contributed by atoms with Gasteiger partial charge in [0.05, 0.1) is 6.10 Å². The van der Waals surface area contributed by atoms with Crippen molar-refractivity contribution in [3.63, 3.8) is 0 Å². The summed E-state index contributed by atoms with van der Waals surface area (Å²) in [6, 6.07) is 3.88. The molecule has 26 heavy (non-hydrogen) atoms. The number of halogens is 2. The minimum Gasteiger partial charge on any atom is -0.481 e. The Morgan fingerprint density at radius 3 is 2.65 bits per heavy atom. The van der Waals surface area contributed by atoms with Crippen LogP contribution in [-0.4, -0.2) is 28.1 Å². The van der Waals surface area contributed by atoms with E-state index in [2.05, 4.69) is 0 Å². The van der Waals surface area contributed by atoms with E-state index in [0.717, 1.165) is 25.3 Å². The number of Topliss-reactive ketones (excluding diaryl/α,β-unsaturated/α-hetero) is 1. The molecule has 2 N–H and O–H groups in total. The first-order valence-corrected chi connectivity index (χ1v) is 8.95. The van der Waals surface area contributed by atoms with Crippen LogP contribution < -0.4 is 0 Å². The number of ketones is 1. The molecule has 0 heterocycles. The normalized spacial score (nSPS) is 23.0. The summed E-state index contributed by atoms with van der Waals surface area (Å²) in [5.41, 5.74) is 0.0870. The number of carboxylic acids is 1. The predicted molar refractivity (Wildman–Crippen MR) is 93.3 cm³/mol. The summed E-state index contributed by atoms with van der Waals surface area (Å²) in [7, 11) is 0. The minimum atomic E-state index is -0.947. The molecule has 0 aromatic heterocycles. The van der Waals surface area contributed by atoms with Crippen molar-refractivity contribution in [2.75, 3.05) is 0 Å². The molecule has 1 aromatic carbocycles. The van der Waals surface area contributed by atoms with Crippen molar-refractivity contribution in [2.24, 2.45) is 11.8 Å². The number of rotatable bonds is 9. The Labute approximate surface area is 151 Å². The van der Waals surface area contributed by atoms with Gasteiger partial charge in [-0.25, -0.2) is 8.78 Å². The summed E-state index contributed by atoms with van der Waals surface area (Å²) in [4.78, 5) is 22.6. The molecule has 0 aliphatic heterocycles. The molecule has 1 aliphatic carbocycles. The van der Waals surface area contributed by atoms with E-state index in [-0.39, 0.29) is 30.1 Å². The van der Waals surface area contributed by atoms with Crippen molar-refractivity contribution in [3.05, 3.63) is 41.5 Å². The second-order valence-corrected chi connectivity index (χ2v) is 6.77. The topological polar surface area (TPSA) is 74.6 Å². The average Bonchev–Trinajstić information content (AvgIpc) is 2.85. The van der Waals surface area contributed by atoms with Gasteiger partial charge in [-0.3, -0.25) is 9.59 Å². The molecule has 3 unspecified atom stereocenters. The minimum absolute atomic E-state index is 0.0163. The molecule has 4 nitrogen and oxygen atoms in total. The maximum absolute atomic E-state index is 13.7. The van der Waals surface area contributed by atoms with E-state index in [4.69, 9.17) is 5.11 Å². The Morgan fingerprint density at radius 2 is 1.92 bits per heavy atom. The fourth-order valence-electron chi connectivity index (χ4n) is 3.45. The third-order valence-corrected chi connectivity index (χ3v) is 4.87. The third kappa shape index (κ3) is 5.46. The van der Waals surface area contributed by atoms with Crippen LogP contribution in [0.15, 0.2) is 24.3 Å². The van der Waals surface area contributed by atoms with Crippen molar-refractivity contribution in [1.82, 2.24) is 0 Å². The monoisotopic (exact) mass is 366 g/mol. The number of benzene rings is 1. The molecule has 6 heteroatoms. The number of aliphatic hydroxyl groups excluding tert-OH is 1. The van der Waals surface area contributed by atoms with Crippen molar-refractivity contribution < 1.29 is 28.6 Å². The van der Waals surface area contributed by atoms with Gasteiger partial charge < -0.3 is 10.2 Å². The number of carbonyl (C=O) groups excluding carboxylic acids is 1. The zero-order valence-electron chi connectivity index (χ0n) is 14.5. The van der Waals surface area contributed by atoms with Crippen LogP contribution in [0.3, 0.4) is 0 Å². The molecular weight excluding hydrogens is 342 g/mol. The quantitative estimate of drug-likeness (QED) is 0.649. The highest BCUT2D eigenvalue weighted by molar-refractivity contribution is 5.84. The van der Waals surface area contributed by atoms with Gasteiger partial charge in [0.2, 0.25) is 0 Å². The number of hydrogen-bond donors (Lipinski definition) is 2. The van der Waals surface area contributed by atoms with E-state index in [1.165, 1.54) is 18.2 Å². The van der Waals surface area contributed by atoms with Gasteiger partial charge in [-0.15, -0.1) is 0 Å².